The normalized spacial score (nSPS) is 16.5. The van der Waals surface area contributed by atoms with Crippen molar-refractivity contribution in [3.05, 3.63) is 42.0 Å². The standard InChI is InChI=1S/C20H25NO6/c1-5-9-26-13-6-7-14-15(11-13)16(22)12-21(19(24)25)17(14)18(23)27-10-8-20(2,3)4/h5-7,11,17H,1,8-10,12H2,2-4H3,(H,24,25). The molecule has 1 aromatic carbocycles. The zero-order valence-corrected chi connectivity index (χ0v) is 15.9. The Morgan fingerprint density at radius 1 is 1.37 bits per heavy atom. The summed E-state index contributed by atoms with van der Waals surface area (Å²) in [5.74, 6) is -0.629. The number of hydrogen-bond donors (Lipinski definition) is 1. The van der Waals surface area contributed by atoms with E-state index < -0.39 is 30.4 Å². The molecule has 1 N–H and O–H groups in total. The summed E-state index contributed by atoms with van der Waals surface area (Å²) in [5.41, 5.74) is 0.553. The van der Waals surface area contributed by atoms with Gasteiger partial charge in [0.25, 0.3) is 0 Å². The number of amides is 1. The number of esters is 1. The van der Waals surface area contributed by atoms with Crippen LogP contribution in [0.15, 0.2) is 30.9 Å². The molecule has 1 aliphatic rings. The lowest BCUT2D eigenvalue weighted by atomic mass is 9.91. The molecule has 146 valence electrons. The van der Waals surface area contributed by atoms with Crippen molar-refractivity contribution in [1.82, 2.24) is 4.90 Å². The molecular weight excluding hydrogens is 350 g/mol. The lowest BCUT2D eigenvalue weighted by Gasteiger charge is -2.33. The van der Waals surface area contributed by atoms with Gasteiger partial charge in [0.15, 0.2) is 11.8 Å². The number of carbonyl (C=O) groups excluding carboxylic acids is 2. The van der Waals surface area contributed by atoms with E-state index in [1.807, 2.05) is 20.8 Å². The summed E-state index contributed by atoms with van der Waals surface area (Å²) < 4.78 is 10.8. The first kappa shape index (κ1) is 20.5. The Bertz CT molecular complexity index is 749. The van der Waals surface area contributed by atoms with Gasteiger partial charge in [-0.05, 0) is 29.5 Å². The summed E-state index contributed by atoms with van der Waals surface area (Å²) in [7, 11) is 0. The molecular formula is C20H25NO6. The molecule has 1 aliphatic heterocycles. The van der Waals surface area contributed by atoms with Gasteiger partial charge in [-0.2, -0.15) is 0 Å². The predicted octanol–water partition coefficient (Wildman–Crippen LogP) is 3.45. The van der Waals surface area contributed by atoms with Crippen molar-refractivity contribution in [3.63, 3.8) is 0 Å². The molecule has 0 bridgehead atoms. The van der Waals surface area contributed by atoms with Crippen LogP contribution in [0.2, 0.25) is 0 Å². The topological polar surface area (TPSA) is 93.1 Å². The average Bonchev–Trinajstić information content (AvgIpc) is 2.58. The summed E-state index contributed by atoms with van der Waals surface area (Å²) in [4.78, 5) is 37.5. The maximum atomic E-state index is 12.6. The maximum absolute atomic E-state index is 12.6. The van der Waals surface area contributed by atoms with Crippen molar-refractivity contribution >= 4 is 17.8 Å². The monoisotopic (exact) mass is 375 g/mol. The molecule has 1 unspecified atom stereocenters. The van der Waals surface area contributed by atoms with Crippen LogP contribution in [0, 0.1) is 5.41 Å². The maximum Gasteiger partial charge on any atom is 0.408 e. The number of ether oxygens (including phenoxy) is 2. The van der Waals surface area contributed by atoms with Crippen LogP contribution < -0.4 is 4.74 Å². The fraction of sp³-hybridized carbons (Fsp3) is 0.450. The quantitative estimate of drug-likeness (QED) is 0.605. The lowest BCUT2D eigenvalue weighted by molar-refractivity contribution is -0.150. The van der Waals surface area contributed by atoms with Gasteiger partial charge in [-0.15, -0.1) is 0 Å². The molecule has 1 amide bonds. The zero-order chi connectivity index (χ0) is 20.2. The second-order valence-electron chi connectivity index (χ2n) is 7.56. The smallest absolute Gasteiger partial charge is 0.408 e. The van der Waals surface area contributed by atoms with Crippen LogP contribution >= 0.6 is 0 Å². The van der Waals surface area contributed by atoms with Gasteiger partial charge in [-0.25, -0.2) is 9.59 Å². The van der Waals surface area contributed by atoms with Crippen molar-refractivity contribution in [2.75, 3.05) is 19.8 Å². The average molecular weight is 375 g/mol. The molecule has 7 heteroatoms. The Morgan fingerprint density at radius 3 is 2.67 bits per heavy atom. The largest absolute Gasteiger partial charge is 0.490 e. The number of rotatable bonds is 6. The van der Waals surface area contributed by atoms with Crippen LogP contribution in [0.1, 0.15) is 49.2 Å². The third kappa shape index (κ3) is 5.09. The van der Waals surface area contributed by atoms with Gasteiger partial charge in [-0.3, -0.25) is 9.69 Å². The molecule has 0 saturated carbocycles. The first-order chi connectivity index (χ1) is 12.6. The Hall–Kier alpha value is -2.83. The van der Waals surface area contributed by atoms with Gasteiger partial charge in [0.2, 0.25) is 0 Å². The van der Waals surface area contributed by atoms with E-state index in [2.05, 4.69) is 6.58 Å². The van der Waals surface area contributed by atoms with Crippen molar-refractivity contribution < 1.29 is 29.0 Å². The van der Waals surface area contributed by atoms with Gasteiger partial charge < -0.3 is 14.6 Å². The number of benzene rings is 1. The van der Waals surface area contributed by atoms with E-state index >= 15 is 0 Å². The molecule has 0 radical (unpaired) electrons. The number of fused-ring (bicyclic) bond motifs is 1. The van der Waals surface area contributed by atoms with E-state index in [1.54, 1.807) is 12.1 Å². The van der Waals surface area contributed by atoms with Crippen LogP contribution in [-0.2, 0) is 9.53 Å². The predicted molar refractivity (Wildman–Crippen MR) is 99.0 cm³/mol. The number of hydrogen-bond acceptors (Lipinski definition) is 5. The SMILES string of the molecule is C=CCOc1ccc2c(c1)C(=O)CN(C(=O)O)C2C(=O)OCCC(C)(C)C. The van der Waals surface area contributed by atoms with Gasteiger partial charge in [0.1, 0.15) is 12.4 Å². The summed E-state index contributed by atoms with van der Waals surface area (Å²) in [6, 6.07) is 3.48. The third-order valence-electron chi connectivity index (χ3n) is 4.18. The minimum atomic E-state index is -1.35. The molecule has 0 aromatic heterocycles. The Balaban J connectivity index is 2.31. The minimum Gasteiger partial charge on any atom is -0.490 e. The molecule has 0 aliphatic carbocycles. The molecule has 7 nitrogen and oxygen atoms in total. The number of Topliss-reactive ketones (excluding diaryl/α,β-unsaturated/α-hetero) is 1. The van der Waals surface area contributed by atoms with Crippen LogP contribution in [0.25, 0.3) is 0 Å². The Kier molecular flexibility index (Phi) is 6.25. The number of ketones is 1. The highest BCUT2D eigenvalue weighted by Gasteiger charge is 2.40. The van der Waals surface area contributed by atoms with E-state index in [9.17, 15) is 19.5 Å². The first-order valence-corrected chi connectivity index (χ1v) is 8.71. The fourth-order valence-corrected chi connectivity index (χ4v) is 2.73. The van der Waals surface area contributed by atoms with Crippen LogP contribution in [0.4, 0.5) is 4.79 Å². The van der Waals surface area contributed by atoms with E-state index in [0.717, 1.165) is 4.90 Å². The van der Waals surface area contributed by atoms with E-state index in [-0.39, 0.29) is 24.2 Å². The van der Waals surface area contributed by atoms with Gasteiger partial charge in [-0.1, -0.05) is 39.5 Å². The van der Waals surface area contributed by atoms with Crippen LogP contribution in [0.3, 0.4) is 0 Å². The molecule has 1 heterocycles. The van der Waals surface area contributed by atoms with Crippen molar-refractivity contribution in [3.8, 4) is 5.75 Å². The number of carboxylic acid groups (broad SMARTS) is 1. The highest BCUT2D eigenvalue weighted by atomic mass is 16.5. The molecule has 0 saturated heterocycles. The Labute approximate surface area is 158 Å². The minimum absolute atomic E-state index is 0.0232. The third-order valence-corrected chi connectivity index (χ3v) is 4.18. The molecule has 0 spiro atoms. The molecule has 2 rings (SSSR count). The van der Waals surface area contributed by atoms with Crippen molar-refractivity contribution in [2.24, 2.45) is 5.41 Å². The second kappa shape index (κ2) is 8.24. The van der Waals surface area contributed by atoms with E-state index in [4.69, 9.17) is 9.47 Å². The highest BCUT2D eigenvalue weighted by molar-refractivity contribution is 6.04. The lowest BCUT2D eigenvalue weighted by Crippen LogP contribution is -2.46. The van der Waals surface area contributed by atoms with Crippen molar-refractivity contribution in [1.29, 1.82) is 0 Å². The zero-order valence-electron chi connectivity index (χ0n) is 15.9. The summed E-state index contributed by atoms with van der Waals surface area (Å²) in [6.45, 7) is 9.65. The van der Waals surface area contributed by atoms with Crippen molar-refractivity contribution in [2.45, 2.75) is 33.2 Å². The molecule has 1 aromatic rings. The fourth-order valence-electron chi connectivity index (χ4n) is 2.73. The summed E-state index contributed by atoms with van der Waals surface area (Å²) in [6.07, 6.45) is 0.861. The molecule has 0 fully saturated rings. The van der Waals surface area contributed by atoms with Crippen LogP contribution in [-0.4, -0.2) is 47.6 Å². The number of carbonyl (C=O) groups is 3. The molecule has 1 atom stereocenters. The molecule has 27 heavy (non-hydrogen) atoms. The highest BCUT2D eigenvalue weighted by Crippen LogP contribution is 2.33. The van der Waals surface area contributed by atoms with Gasteiger partial charge in [0.05, 0.1) is 13.2 Å². The summed E-state index contributed by atoms with van der Waals surface area (Å²) in [5, 5.41) is 9.46. The Morgan fingerprint density at radius 2 is 2.07 bits per heavy atom. The van der Waals surface area contributed by atoms with Gasteiger partial charge in [0, 0.05) is 5.56 Å². The first-order valence-electron chi connectivity index (χ1n) is 8.71. The second-order valence-corrected chi connectivity index (χ2v) is 7.56. The number of nitrogens with zero attached hydrogens (tertiary/aromatic N) is 1. The van der Waals surface area contributed by atoms with Gasteiger partial charge >= 0.3 is 12.1 Å². The van der Waals surface area contributed by atoms with E-state index in [0.29, 0.717) is 17.7 Å². The van der Waals surface area contributed by atoms with Crippen LogP contribution in [0.5, 0.6) is 5.75 Å². The summed E-state index contributed by atoms with van der Waals surface area (Å²) >= 11 is 0. The van der Waals surface area contributed by atoms with E-state index in [1.165, 1.54) is 12.1 Å².